The van der Waals surface area contributed by atoms with E-state index in [-0.39, 0.29) is 30.8 Å². The van der Waals surface area contributed by atoms with E-state index in [1.807, 2.05) is 0 Å². The molecule has 0 aromatic carbocycles. The highest BCUT2D eigenvalue weighted by Gasteiger charge is 2.26. The van der Waals surface area contributed by atoms with Gasteiger partial charge in [-0.05, 0) is 13.3 Å². The monoisotopic (exact) mass is 226 g/mol. The quantitative estimate of drug-likeness (QED) is 0.697. The molecule has 0 fully saturated rings. The molecule has 3 N–H and O–H groups in total. The second-order valence-corrected chi connectivity index (χ2v) is 3.66. The normalized spacial score (nSPS) is 15.9. The van der Waals surface area contributed by atoms with Gasteiger partial charge in [-0.3, -0.25) is 4.79 Å². The van der Waals surface area contributed by atoms with Gasteiger partial charge in [0.15, 0.2) is 0 Å². The molecule has 0 spiro atoms. The van der Waals surface area contributed by atoms with Gasteiger partial charge in [0.25, 0.3) is 0 Å². The Balaban J connectivity index is 3.65. The van der Waals surface area contributed by atoms with Gasteiger partial charge >= 0.3 is 6.18 Å². The number of nitrogens with two attached hydrogens (primary N) is 1. The van der Waals surface area contributed by atoms with Crippen LogP contribution in [0.2, 0.25) is 0 Å². The summed E-state index contributed by atoms with van der Waals surface area (Å²) in [4.78, 5) is 11.2. The molecule has 0 aromatic rings. The number of carbonyl (C=O) groups excluding carboxylic acids is 1. The van der Waals surface area contributed by atoms with Crippen LogP contribution in [-0.2, 0) is 4.79 Å². The summed E-state index contributed by atoms with van der Waals surface area (Å²) in [5, 5.41) is 2.42. The van der Waals surface area contributed by atoms with E-state index >= 15 is 0 Å². The number of hydrogen-bond donors (Lipinski definition) is 2. The number of rotatable bonds is 5. The van der Waals surface area contributed by atoms with Crippen LogP contribution in [0, 0.1) is 5.92 Å². The maximum atomic E-state index is 11.7. The van der Waals surface area contributed by atoms with Crippen molar-refractivity contribution in [2.24, 2.45) is 11.7 Å². The molecular formula is C9H17F3N2O. The number of hydrogen-bond acceptors (Lipinski definition) is 2. The third-order valence-electron chi connectivity index (χ3n) is 2.14. The Hall–Kier alpha value is -0.780. The largest absolute Gasteiger partial charge is 0.389 e. The van der Waals surface area contributed by atoms with Crippen LogP contribution in [-0.4, -0.2) is 24.7 Å². The van der Waals surface area contributed by atoms with Crippen molar-refractivity contribution >= 4 is 5.91 Å². The Morgan fingerprint density at radius 2 is 1.93 bits per heavy atom. The van der Waals surface area contributed by atoms with E-state index in [1.165, 1.54) is 0 Å². The molecule has 3 nitrogen and oxygen atoms in total. The van der Waals surface area contributed by atoms with E-state index in [0.717, 1.165) is 0 Å². The van der Waals surface area contributed by atoms with Crippen molar-refractivity contribution in [1.82, 2.24) is 5.32 Å². The van der Waals surface area contributed by atoms with Crippen molar-refractivity contribution < 1.29 is 18.0 Å². The van der Waals surface area contributed by atoms with Crippen molar-refractivity contribution in [1.29, 1.82) is 0 Å². The molecule has 0 saturated carbocycles. The highest BCUT2D eigenvalue weighted by Crippen LogP contribution is 2.20. The molecule has 0 aliphatic carbocycles. The molecule has 15 heavy (non-hydrogen) atoms. The van der Waals surface area contributed by atoms with E-state index < -0.39 is 12.6 Å². The van der Waals surface area contributed by atoms with Gasteiger partial charge in [0.2, 0.25) is 5.91 Å². The first-order valence-corrected chi connectivity index (χ1v) is 4.84. The van der Waals surface area contributed by atoms with Crippen molar-refractivity contribution in [2.45, 2.75) is 38.9 Å². The van der Waals surface area contributed by atoms with Gasteiger partial charge in [-0.1, -0.05) is 6.92 Å². The van der Waals surface area contributed by atoms with Crippen LogP contribution in [0.5, 0.6) is 0 Å². The molecule has 0 saturated heterocycles. The average Bonchev–Trinajstić information content (AvgIpc) is 2.09. The lowest BCUT2D eigenvalue weighted by molar-refractivity contribution is -0.136. The second-order valence-electron chi connectivity index (χ2n) is 3.66. The SMILES string of the molecule is CC(N)C(C)C(=O)NCCCC(F)(F)F. The zero-order valence-electron chi connectivity index (χ0n) is 8.90. The lowest BCUT2D eigenvalue weighted by Crippen LogP contribution is -2.39. The molecular weight excluding hydrogens is 209 g/mol. The van der Waals surface area contributed by atoms with Crippen molar-refractivity contribution in [3.63, 3.8) is 0 Å². The Morgan fingerprint density at radius 1 is 1.40 bits per heavy atom. The third-order valence-corrected chi connectivity index (χ3v) is 2.14. The third kappa shape index (κ3) is 7.18. The fourth-order valence-corrected chi connectivity index (χ4v) is 0.900. The zero-order chi connectivity index (χ0) is 12.1. The molecule has 0 aliphatic heterocycles. The summed E-state index contributed by atoms with van der Waals surface area (Å²) in [6.45, 7) is 3.36. The molecule has 0 rings (SSSR count). The topological polar surface area (TPSA) is 55.1 Å². The number of carbonyl (C=O) groups is 1. The fourth-order valence-electron chi connectivity index (χ4n) is 0.900. The lowest BCUT2D eigenvalue weighted by atomic mass is 10.0. The molecule has 90 valence electrons. The van der Waals surface area contributed by atoms with Gasteiger partial charge in [0.05, 0.1) is 0 Å². The Kier molecular flexibility index (Phi) is 5.64. The summed E-state index contributed by atoms with van der Waals surface area (Å²) in [6.07, 6.45) is -5.13. The van der Waals surface area contributed by atoms with Gasteiger partial charge in [-0.15, -0.1) is 0 Å². The van der Waals surface area contributed by atoms with Gasteiger partial charge in [0.1, 0.15) is 0 Å². The van der Waals surface area contributed by atoms with Crippen LogP contribution >= 0.6 is 0 Å². The first-order chi connectivity index (χ1) is 6.74. The maximum Gasteiger partial charge on any atom is 0.389 e. The molecule has 6 heteroatoms. The molecule has 0 radical (unpaired) electrons. The predicted octanol–water partition coefficient (Wildman–Crippen LogP) is 1.43. The van der Waals surface area contributed by atoms with Gasteiger partial charge in [-0.2, -0.15) is 13.2 Å². The number of nitrogens with one attached hydrogen (secondary N) is 1. The minimum Gasteiger partial charge on any atom is -0.356 e. The zero-order valence-corrected chi connectivity index (χ0v) is 8.90. The average molecular weight is 226 g/mol. The Morgan fingerprint density at radius 3 is 2.33 bits per heavy atom. The summed E-state index contributed by atoms with van der Waals surface area (Å²) in [7, 11) is 0. The second kappa shape index (κ2) is 5.95. The lowest BCUT2D eigenvalue weighted by Gasteiger charge is -2.15. The predicted molar refractivity (Wildman–Crippen MR) is 51.1 cm³/mol. The fraction of sp³-hybridized carbons (Fsp3) is 0.889. The molecule has 0 heterocycles. The highest BCUT2D eigenvalue weighted by molar-refractivity contribution is 5.78. The maximum absolute atomic E-state index is 11.7. The molecule has 1 amide bonds. The van der Waals surface area contributed by atoms with Crippen molar-refractivity contribution in [2.75, 3.05) is 6.54 Å². The van der Waals surface area contributed by atoms with E-state index in [4.69, 9.17) is 5.73 Å². The van der Waals surface area contributed by atoms with E-state index in [9.17, 15) is 18.0 Å². The first kappa shape index (κ1) is 14.2. The van der Waals surface area contributed by atoms with Crippen LogP contribution < -0.4 is 11.1 Å². The molecule has 0 bridgehead atoms. The van der Waals surface area contributed by atoms with E-state index in [2.05, 4.69) is 5.32 Å². The smallest absolute Gasteiger partial charge is 0.356 e. The summed E-state index contributed by atoms with van der Waals surface area (Å²) < 4.78 is 35.2. The summed E-state index contributed by atoms with van der Waals surface area (Å²) >= 11 is 0. The van der Waals surface area contributed by atoms with Crippen molar-refractivity contribution in [3.05, 3.63) is 0 Å². The van der Waals surface area contributed by atoms with Crippen LogP contribution in [0.25, 0.3) is 0 Å². The standard InChI is InChI=1S/C9H17F3N2O/c1-6(7(2)13)8(15)14-5-3-4-9(10,11)12/h6-7H,3-5,13H2,1-2H3,(H,14,15). The molecule has 2 unspecified atom stereocenters. The number of halogens is 3. The van der Waals surface area contributed by atoms with Gasteiger partial charge in [-0.25, -0.2) is 0 Å². The minimum atomic E-state index is -4.16. The first-order valence-electron chi connectivity index (χ1n) is 4.84. The van der Waals surface area contributed by atoms with Gasteiger partial charge < -0.3 is 11.1 Å². The molecule has 0 aliphatic rings. The van der Waals surface area contributed by atoms with Crippen LogP contribution in [0.1, 0.15) is 26.7 Å². The molecule has 2 atom stereocenters. The summed E-state index contributed by atoms with van der Waals surface area (Å²) in [6, 6.07) is -0.299. The number of amides is 1. The van der Waals surface area contributed by atoms with Crippen LogP contribution in [0.3, 0.4) is 0 Å². The summed E-state index contributed by atoms with van der Waals surface area (Å²) in [5.41, 5.74) is 5.47. The Labute approximate surface area is 87.2 Å². The molecule has 0 aromatic heterocycles. The van der Waals surface area contributed by atoms with E-state index in [1.54, 1.807) is 13.8 Å². The van der Waals surface area contributed by atoms with E-state index in [0.29, 0.717) is 0 Å². The van der Waals surface area contributed by atoms with Crippen LogP contribution in [0.4, 0.5) is 13.2 Å². The summed E-state index contributed by atoms with van der Waals surface area (Å²) in [5.74, 6) is -0.678. The minimum absolute atomic E-state index is 0.0371. The highest BCUT2D eigenvalue weighted by atomic mass is 19.4. The van der Waals surface area contributed by atoms with Crippen molar-refractivity contribution in [3.8, 4) is 0 Å². The number of alkyl halides is 3. The van der Waals surface area contributed by atoms with Crippen LogP contribution in [0.15, 0.2) is 0 Å². The van der Waals surface area contributed by atoms with Gasteiger partial charge in [0, 0.05) is 24.9 Å². The Bertz CT molecular complexity index is 204.